The zero-order valence-electron chi connectivity index (χ0n) is 11.8. The van der Waals surface area contributed by atoms with E-state index in [1.54, 1.807) is 7.11 Å². The molecule has 0 fully saturated rings. The molecule has 5 heteroatoms. The van der Waals surface area contributed by atoms with Crippen LogP contribution >= 0.6 is 15.9 Å². The van der Waals surface area contributed by atoms with Crippen molar-refractivity contribution in [1.29, 1.82) is 0 Å². The molecule has 0 aliphatic heterocycles. The topological polar surface area (TPSA) is 39.1 Å². The minimum absolute atomic E-state index is 0.358. The highest BCUT2D eigenvalue weighted by atomic mass is 79.9. The van der Waals surface area contributed by atoms with Gasteiger partial charge in [0.25, 0.3) is 0 Å². The van der Waals surface area contributed by atoms with E-state index in [1.165, 1.54) is 5.56 Å². The van der Waals surface area contributed by atoms with E-state index in [0.29, 0.717) is 12.6 Å². The lowest BCUT2D eigenvalue weighted by atomic mass is 10.1. The van der Waals surface area contributed by atoms with Crippen molar-refractivity contribution >= 4 is 21.6 Å². The van der Waals surface area contributed by atoms with Gasteiger partial charge in [0.05, 0.1) is 25.0 Å². The zero-order chi connectivity index (χ0) is 14.4. The molecule has 0 bridgehead atoms. The van der Waals surface area contributed by atoms with Gasteiger partial charge in [-0.3, -0.25) is 4.68 Å². The van der Waals surface area contributed by atoms with Gasteiger partial charge in [-0.2, -0.15) is 5.10 Å². The summed E-state index contributed by atoms with van der Waals surface area (Å²) in [5.74, 6) is 0. The van der Waals surface area contributed by atoms with Crippen LogP contribution in [0.4, 0.5) is 5.69 Å². The lowest BCUT2D eigenvalue weighted by Gasteiger charge is -2.13. The van der Waals surface area contributed by atoms with Crippen LogP contribution in [0.3, 0.4) is 0 Å². The Morgan fingerprint density at radius 1 is 1.35 bits per heavy atom. The Bertz CT molecular complexity index is 524. The Labute approximate surface area is 128 Å². The summed E-state index contributed by atoms with van der Waals surface area (Å²) in [7, 11) is 1.70. The lowest BCUT2D eigenvalue weighted by molar-refractivity contribution is 0.183. The van der Waals surface area contributed by atoms with Crippen molar-refractivity contribution < 1.29 is 4.74 Å². The minimum Gasteiger partial charge on any atom is -0.383 e. The molecule has 2 rings (SSSR count). The predicted octanol–water partition coefficient (Wildman–Crippen LogP) is 3.34. The second kappa shape index (κ2) is 7.45. The molecule has 0 amide bonds. The third kappa shape index (κ3) is 4.65. The molecule has 1 N–H and O–H groups in total. The normalized spacial score (nSPS) is 12.3. The number of benzene rings is 1. The van der Waals surface area contributed by atoms with E-state index in [9.17, 15) is 0 Å². The highest BCUT2D eigenvalue weighted by molar-refractivity contribution is 9.10. The molecular weight excluding hydrogens is 318 g/mol. The van der Waals surface area contributed by atoms with Crippen LogP contribution in [-0.4, -0.2) is 29.5 Å². The number of hydrogen-bond acceptors (Lipinski definition) is 3. The highest BCUT2D eigenvalue weighted by Crippen LogP contribution is 2.14. The van der Waals surface area contributed by atoms with Crippen LogP contribution in [0.25, 0.3) is 0 Å². The maximum atomic E-state index is 5.04. The van der Waals surface area contributed by atoms with Crippen molar-refractivity contribution in [2.45, 2.75) is 25.9 Å². The van der Waals surface area contributed by atoms with Gasteiger partial charge < -0.3 is 10.1 Å². The second-order valence-corrected chi connectivity index (χ2v) is 5.78. The van der Waals surface area contributed by atoms with Crippen molar-refractivity contribution in [3.63, 3.8) is 0 Å². The largest absolute Gasteiger partial charge is 0.383 e. The number of methoxy groups -OCH3 is 1. The molecule has 4 nitrogen and oxygen atoms in total. The molecular formula is C15H20BrN3O. The molecule has 1 unspecified atom stereocenters. The Balaban J connectivity index is 1.86. The molecule has 0 saturated carbocycles. The van der Waals surface area contributed by atoms with Crippen molar-refractivity contribution in [2.75, 3.05) is 19.0 Å². The van der Waals surface area contributed by atoms with Crippen LogP contribution in [0.1, 0.15) is 12.5 Å². The number of ether oxygens (including phenoxy) is 1. The van der Waals surface area contributed by atoms with Gasteiger partial charge in [-0.15, -0.1) is 0 Å². The number of nitrogens with zero attached hydrogens (tertiary/aromatic N) is 2. The van der Waals surface area contributed by atoms with Gasteiger partial charge in [-0.1, -0.05) is 28.1 Å². The number of halogens is 1. The molecule has 1 heterocycles. The number of nitrogens with one attached hydrogen (secondary N) is 1. The molecule has 108 valence electrons. The van der Waals surface area contributed by atoms with Gasteiger partial charge >= 0.3 is 0 Å². The van der Waals surface area contributed by atoms with Crippen molar-refractivity contribution in [2.24, 2.45) is 0 Å². The van der Waals surface area contributed by atoms with E-state index in [1.807, 2.05) is 17.1 Å². The third-order valence-electron chi connectivity index (χ3n) is 3.03. The first-order chi connectivity index (χ1) is 9.67. The van der Waals surface area contributed by atoms with Crippen LogP contribution in [0, 0.1) is 0 Å². The summed E-state index contributed by atoms with van der Waals surface area (Å²) in [6.07, 6.45) is 4.85. The second-order valence-electron chi connectivity index (χ2n) is 4.86. The molecule has 0 saturated heterocycles. The summed E-state index contributed by atoms with van der Waals surface area (Å²) in [4.78, 5) is 0. The van der Waals surface area contributed by atoms with Crippen molar-refractivity contribution in [3.05, 3.63) is 46.7 Å². The number of aromatic nitrogens is 2. The average Bonchev–Trinajstić information content (AvgIpc) is 2.86. The first-order valence-electron chi connectivity index (χ1n) is 6.70. The third-order valence-corrected chi connectivity index (χ3v) is 3.55. The first-order valence-corrected chi connectivity index (χ1v) is 7.49. The van der Waals surface area contributed by atoms with Crippen molar-refractivity contribution in [1.82, 2.24) is 9.78 Å². The molecule has 1 aromatic carbocycles. The van der Waals surface area contributed by atoms with E-state index in [4.69, 9.17) is 4.74 Å². The fourth-order valence-electron chi connectivity index (χ4n) is 2.05. The quantitative estimate of drug-likeness (QED) is 0.842. The summed E-state index contributed by atoms with van der Waals surface area (Å²) in [6.45, 7) is 3.63. The number of rotatable bonds is 7. The smallest absolute Gasteiger partial charge is 0.0728 e. The number of anilines is 1. The van der Waals surface area contributed by atoms with Crippen LogP contribution in [0.5, 0.6) is 0 Å². The predicted molar refractivity (Wildman–Crippen MR) is 85.0 cm³/mol. The molecule has 1 aromatic heterocycles. The Hall–Kier alpha value is -1.33. The maximum Gasteiger partial charge on any atom is 0.0728 e. The van der Waals surface area contributed by atoms with Gasteiger partial charge in [-0.25, -0.2) is 0 Å². The van der Waals surface area contributed by atoms with Gasteiger partial charge in [-0.05, 0) is 31.0 Å². The number of hydrogen-bond donors (Lipinski definition) is 1. The van der Waals surface area contributed by atoms with Gasteiger partial charge in [0.1, 0.15) is 0 Å². The van der Waals surface area contributed by atoms with E-state index in [-0.39, 0.29) is 0 Å². The summed E-state index contributed by atoms with van der Waals surface area (Å²) in [5.41, 5.74) is 2.37. The molecule has 0 aliphatic rings. The van der Waals surface area contributed by atoms with Crippen LogP contribution in [-0.2, 0) is 17.7 Å². The lowest BCUT2D eigenvalue weighted by Crippen LogP contribution is -2.17. The van der Waals surface area contributed by atoms with E-state index < -0.39 is 0 Å². The van der Waals surface area contributed by atoms with Crippen LogP contribution in [0.15, 0.2) is 41.1 Å². The molecule has 0 spiro atoms. The highest BCUT2D eigenvalue weighted by Gasteiger charge is 2.05. The monoisotopic (exact) mass is 337 g/mol. The first kappa shape index (κ1) is 15.1. The Morgan fingerprint density at radius 3 is 2.80 bits per heavy atom. The van der Waals surface area contributed by atoms with E-state index in [0.717, 1.165) is 23.1 Å². The maximum absolute atomic E-state index is 5.04. The fraction of sp³-hybridized carbons (Fsp3) is 0.400. The van der Waals surface area contributed by atoms with Crippen LogP contribution in [0.2, 0.25) is 0 Å². The van der Waals surface area contributed by atoms with Crippen molar-refractivity contribution in [3.8, 4) is 0 Å². The molecule has 0 radical (unpaired) electrons. The standard InChI is InChI=1S/C15H20BrN3O/c1-12(9-13-3-5-14(16)6-4-13)18-15-10-17-19(11-15)7-8-20-2/h3-6,10-12,18H,7-9H2,1-2H3. The van der Waals surface area contributed by atoms with Gasteiger partial charge in [0.2, 0.25) is 0 Å². The SMILES string of the molecule is COCCn1cc(NC(C)Cc2ccc(Br)cc2)cn1. The van der Waals surface area contributed by atoms with E-state index in [2.05, 4.69) is 57.5 Å². The molecule has 0 aliphatic carbocycles. The summed E-state index contributed by atoms with van der Waals surface area (Å²) in [5, 5.41) is 7.76. The summed E-state index contributed by atoms with van der Waals surface area (Å²) < 4.78 is 8.04. The molecule has 2 aromatic rings. The van der Waals surface area contributed by atoms with Crippen LogP contribution < -0.4 is 5.32 Å². The zero-order valence-corrected chi connectivity index (χ0v) is 13.4. The van der Waals surface area contributed by atoms with Gasteiger partial charge in [0.15, 0.2) is 0 Å². The molecule has 1 atom stereocenters. The van der Waals surface area contributed by atoms with E-state index >= 15 is 0 Å². The fourth-order valence-corrected chi connectivity index (χ4v) is 2.32. The average molecular weight is 338 g/mol. The van der Waals surface area contributed by atoms with Gasteiger partial charge in [0, 0.05) is 23.8 Å². The minimum atomic E-state index is 0.358. The Kier molecular flexibility index (Phi) is 5.61. The summed E-state index contributed by atoms with van der Waals surface area (Å²) in [6, 6.07) is 8.79. The molecule has 20 heavy (non-hydrogen) atoms. The Morgan fingerprint density at radius 2 is 2.10 bits per heavy atom. The summed E-state index contributed by atoms with van der Waals surface area (Å²) >= 11 is 3.45.